The van der Waals surface area contributed by atoms with E-state index < -0.39 is 63.9 Å². The minimum absolute atomic E-state index is 0. The van der Waals surface area contributed by atoms with E-state index in [9.17, 15) is 0 Å². The summed E-state index contributed by atoms with van der Waals surface area (Å²) in [6.45, 7) is -19.2. The second kappa shape index (κ2) is 19.1. The monoisotopic (exact) mass is 557 g/mol. The molecule has 0 heterocycles. The van der Waals surface area contributed by atoms with Crippen LogP contribution in [-0.2, 0) is 0 Å². The highest BCUT2D eigenvalue weighted by atomic mass is 79.9. The van der Waals surface area contributed by atoms with Crippen LogP contribution in [0.15, 0.2) is 0 Å². The Balaban J connectivity index is -0.00000241. The highest BCUT2D eigenvalue weighted by Gasteiger charge is 2.05. The predicted octanol–water partition coefficient (Wildman–Crippen LogP) is -2.30. The maximum atomic E-state index is 7.61. The normalized spacial score (nSPS) is 25.5. The molecule has 152 valence electrons. The number of quaternary nitrogens is 2. The first-order valence-corrected chi connectivity index (χ1v) is 7.68. The molecule has 0 amide bonds. The van der Waals surface area contributed by atoms with Crippen LogP contribution in [0.5, 0.6) is 0 Å². The first-order valence-electron chi connectivity index (χ1n) is 16.7. The topological polar surface area (TPSA) is 12.0 Å². The van der Waals surface area contributed by atoms with Crippen LogP contribution >= 0.6 is 17.0 Å². The Morgan fingerprint density at radius 3 is 1.25 bits per heavy atom. The van der Waals surface area contributed by atoms with Crippen LogP contribution in [0.2, 0.25) is 0 Å². The summed E-state index contributed by atoms with van der Waals surface area (Å²) in [7, 11) is 0. The van der Waals surface area contributed by atoms with E-state index in [1.807, 2.05) is 0 Å². The molecule has 0 aliphatic heterocycles. The molecule has 0 atom stereocenters. The summed E-state index contributed by atoms with van der Waals surface area (Å²) in [6, 6.07) is 0. The number of hydrogen-bond acceptors (Lipinski definition) is 1. The molecule has 1 N–H and O–H groups in total. The Morgan fingerprint density at radius 2 is 0.917 bits per heavy atom. The molecule has 0 rings (SSSR count). The van der Waals surface area contributed by atoms with E-state index in [4.69, 9.17) is 24.7 Å². The maximum Gasteiger partial charge on any atom is 0.0886 e. The number of nitrogens with zero attached hydrogens (tertiary/aromatic N) is 2. The lowest BCUT2D eigenvalue weighted by atomic mass is 10.1. The molecule has 0 aromatic carbocycles. The first kappa shape index (κ1) is 9.69. The van der Waals surface area contributed by atoms with Gasteiger partial charge in [0, 0.05) is 0 Å². The Kier molecular flexibility index (Phi) is 7.71. The molecule has 0 radical (unpaired) electrons. The Bertz CT molecular complexity index is 597. The largest absolute Gasteiger partial charge is 1.00 e. The van der Waals surface area contributed by atoms with E-state index in [1.54, 1.807) is 0 Å². The van der Waals surface area contributed by atoms with E-state index in [-0.39, 0.29) is 63.8 Å². The Morgan fingerprint density at radius 1 is 0.583 bits per heavy atom. The Labute approximate surface area is 209 Å². The number of unbranched alkanes of at least 4 members (excludes halogenated alkanes) is 6. The lowest BCUT2D eigenvalue weighted by Gasteiger charge is -2.23. The standard InChI is InChI=1S/C18H43N3.3BrH/c1-20(2,3)17-13-9-7-11-15-19-16-12-8-10-14-18-21(4,5)6;;;/h19H,7-18H2,1-6H3;3*1H/q+2;;;/p-2/i1D3,2D3,3D3,4D3,5D3,6D3;;;. The first-order chi connectivity index (χ1) is 17.2. The van der Waals surface area contributed by atoms with Crippen molar-refractivity contribution < 1.29 is 67.6 Å². The summed E-state index contributed by atoms with van der Waals surface area (Å²) in [6.07, 6.45) is 3.83. The number of halogens is 3. The van der Waals surface area contributed by atoms with Crippen LogP contribution < -0.4 is 39.3 Å². The molecular formula is C18H44Br3N3. The molecule has 24 heavy (non-hydrogen) atoms. The third-order valence-electron chi connectivity index (χ3n) is 3.19. The van der Waals surface area contributed by atoms with Crippen molar-refractivity contribution in [1.82, 2.24) is 5.32 Å². The summed E-state index contributed by atoms with van der Waals surface area (Å²) < 4.78 is 133. The summed E-state index contributed by atoms with van der Waals surface area (Å²) in [5.41, 5.74) is 0. The average Bonchev–Trinajstić information content (AvgIpc) is 2.64. The molecule has 0 saturated heterocycles. The molecule has 0 aromatic heterocycles. The van der Waals surface area contributed by atoms with E-state index in [1.165, 1.54) is 0 Å². The van der Waals surface area contributed by atoms with E-state index >= 15 is 0 Å². The summed E-state index contributed by atoms with van der Waals surface area (Å²) in [4.78, 5) is 0. The van der Waals surface area contributed by atoms with Crippen LogP contribution in [0.1, 0.15) is 76.0 Å². The molecule has 0 bridgehead atoms. The fourth-order valence-electron chi connectivity index (χ4n) is 2.03. The van der Waals surface area contributed by atoms with Gasteiger partial charge >= 0.3 is 0 Å². The quantitative estimate of drug-likeness (QED) is 0.186. The fourth-order valence-corrected chi connectivity index (χ4v) is 2.03. The smallest absolute Gasteiger partial charge is 0.0886 e. The second-order valence-electron chi connectivity index (χ2n) is 5.65. The van der Waals surface area contributed by atoms with Gasteiger partial charge < -0.3 is 48.2 Å². The highest BCUT2D eigenvalue weighted by Crippen LogP contribution is 2.04. The average molecular weight is 560 g/mol. The van der Waals surface area contributed by atoms with Crippen LogP contribution in [0.4, 0.5) is 0 Å². The third-order valence-corrected chi connectivity index (χ3v) is 3.19. The predicted molar refractivity (Wildman–Crippen MR) is 106 cm³/mol. The van der Waals surface area contributed by atoms with Gasteiger partial charge in [-0.2, -0.15) is 0 Å². The molecular weight excluding hydrogens is 498 g/mol. The van der Waals surface area contributed by atoms with Gasteiger partial charge in [-0.15, -0.1) is 17.0 Å². The summed E-state index contributed by atoms with van der Waals surface area (Å²) in [5, 5.41) is 3.20. The van der Waals surface area contributed by atoms with Crippen molar-refractivity contribution in [2.75, 3.05) is 68.0 Å². The molecule has 0 aliphatic rings. The van der Waals surface area contributed by atoms with Crippen LogP contribution in [-0.4, -0.2) is 77.0 Å². The lowest BCUT2D eigenvalue weighted by molar-refractivity contribution is -0.870. The lowest BCUT2D eigenvalue weighted by Crippen LogP contribution is -3.00. The van der Waals surface area contributed by atoms with Gasteiger partial charge in [0.1, 0.15) is 0 Å². The summed E-state index contributed by atoms with van der Waals surface area (Å²) >= 11 is 0. The highest BCUT2D eigenvalue weighted by molar-refractivity contribution is 8.93. The summed E-state index contributed by atoms with van der Waals surface area (Å²) in [5.74, 6) is 0. The van der Waals surface area contributed by atoms with Gasteiger partial charge in [-0.1, -0.05) is 12.8 Å². The van der Waals surface area contributed by atoms with Crippen molar-refractivity contribution in [3.63, 3.8) is 0 Å². The zero-order valence-corrected chi connectivity index (χ0v) is 18.9. The van der Waals surface area contributed by atoms with Gasteiger partial charge in [0.15, 0.2) is 0 Å². The van der Waals surface area contributed by atoms with E-state index in [2.05, 4.69) is 5.32 Å². The minimum atomic E-state index is -3.23. The minimum Gasteiger partial charge on any atom is -1.00 e. The van der Waals surface area contributed by atoms with Gasteiger partial charge in [-0.05, 0) is 51.6 Å². The van der Waals surface area contributed by atoms with Crippen molar-refractivity contribution in [3.05, 3.63) is 0 Å². The molecule has 0 spiro atoms. The van der Waals surface area contributed by atoms with Gasteiger partial charge in [0.05, 0.1) is 79.6 Å². The van der Waals surface area contributed by atoms with Crippen LogP contribution in [0.3, 0.4) is 0 Å². The second-order valence-corrected chi connectivity index (χ2v) is 5.65. The van der Waals surface area contributed by atoms with Crippen molar-refractivity contribution >= 4 is 17.0 Å². The number of rotatable bonds is 14. The van der Waals surface area contributed by atoms with Crippen molar-refractivity contribution in [1.29, 1.82) is 0 Å². The van der Waals surface area contributed by atoms with Gasteiger partial charge in [0.25, 0.3) is 0 Å². The van der Waals surface area contributed by atoms with Crippen molar-refractivity contribution in [3.8, 4) is 0 Å². The maximum absolute atomic E-state index is 7.61. The number of hydrogen-bond donors (Lipinski definition) is 1. The molecule has 6 heteroatoms. The van der Waals surface area contributed by atoms with Crippen molar-refractivity contribution in [2.24, 2.45) is 0 Å². The molecule has 3 nitrogen and oxygen atoms in total. The molecule has 0 unspecified atom stereocenters. The van der Waals surface area contributed by atoms with Gasteiger partial charge in [-0.25, -0.2) is 0 Å². The third kappa shape index (κ3) is 31.1. The SMILES string of the molecule is Br.[2H]C([2H])([2H])[N+](CCCCCCNCCCCCC[N+](C([2H])([2H])[2H])(C([2H])([2H])[2H])C([2H])([2H])[2H])(C([2H])([2H])[2H])C([2H])([2H])[2H].[Br-].[Br-]. The zero-order chi connectivity index (χ0) is 31.2. The molecule has 0 fully saturated rings. The molecule has 0 saturated carbocycles. The van der Waals surface area contributed by atoms with Crippen LogP contribution in [0.25, 0.3) is 0 Å². The number of nitrogens with one attached hydrogen (secondary N) is 1. The Hall–Kier alpha value is 1.32. The van der Waals surface area contributed by atoms with E-state index in [0.29, 0.717) is 51.6 Å². The molecule has 0 aromatic rings. The molecule has 0 aliphatic carbocycles. The zero-order valence-electron chi connectivity index (χ0n) is 32.0. The van der Waals surface area contributed by atoms with E-state index in [0.717, 1.165) is 0 Å². The fraction of sp³-hybridized carbons (Fsp3) is 1.00. The van der Waals surface area contributed by atoms with Gasteiger partial charge in [0.2, 0.25) is 0 Å². The van der Waals surface area contributed by atoms with Gasteiger partial charge in [-0.3, -0.25) is 0 Å². The van der Waals surface area contributed by atoms with Crippen molar-refractivity contribution in [2.45, 2.75) is 51.4 Å². The van der Waals surface area contributed by atoms with Crippen LogP contribution in [0, 0.1) is 0 Å².